The first-order valence-electron chi connectivity index (χ1n) is 9.53. The van der Waals surface area contributed by atoms with Crippen molar-refractivity contribution in [1.82, 2.24) is 15.5 Å². The molecule has 3 N–H and O–H groups in total. The van der Waals surface area contributed by atoms with Crippen LogP contribution in [0.5, 0.6) is 0 Å². The van der Waals surface area contributed by atoms with E-state index in [0.29, 0.717) is 18.5 Å². The van der Waals surface area contributed by atoms with Gasteiger partial charge in [0.2, 0.25) is 0 Å². The average Bonchev–Trinajstić information content (AvgIpc) is 3.16. The quantitative estimate of drug-likeness (QED) is 0.285. The monoisotopic (exact) mass is 510 g/mol. The van der Waals surface area contributed by atoms with Crippen LogP contribution in [0.25, 0.3) is 0 Å². The van der Waals surface area contributed by atoms with Gasteiger partial charge in [0.1, 0.15) is 5.60 Å². The number of thiophene rings is 1. The maximum absolute atomic E-state index is 10.7. The molecule has 1 aliphatic rings. The maximum atomic E-state index is 10.7. The van der Waals surface area contributed by atoms with Crippen molar-refractivity contribution in [2.45, 2.75) is 39.3 Å². The van der Waals surface area contributed by atoms with Gasteiger partial charge < -0.3 is 20.5 Å². The van der Waals surface area contributed by atoms with E-state index in [1.807, 2.05) is 23.8 Å². The molecular formula is C19H35IN4O2S. The highest BCUT2D eigenvalue weighted by atomic mass is 127. The SMILES string of the molecule is CCNC(=NCC(C)(O)c1ccsc1)NCC(C(C)C)N1CCOCC1.I. The first-order valence-corrected chi connectivity index (χ1v) is 10.5. The van der Waals surface area contributed by atoms with Gasteiger partial charge >= 0.3 is 0 Å². The fourth-order valence-electron chi connectivity index (χ4n) is 3.13. The van der Waals surface area contributed by atoms with Gasteiger partial charge in [-0.25, -0.2) is 4.99 Å². The van der Waals surface area contributed by atoms with Crippen LogP contribution in [0.15, 0.2) is 21.8 Å². The van der Waals surface area contributed by atoms with Crippen LogP contribution in [0.4, 0.5) is 0 Å². The van der Waals surface area contributed by atoms with Crippen molar-refractivity contribution in [3.63, 3.8) is 0 Å². The number of halogens is 1. The van der Waals surface area contributed by atoms with Crippen molar-refractivity contribution < 1.29 is 9.84 Å². The number of ether oxygens (including phenoxy) is 1. The molecule has 1 saturated heterocycles. The molecule has 0 aliphatic carbocycles. The second kappa shape index (κ2) is 12.2. The van der Waals surface area contributed by atoms with Crippen LogP contribution in [-0.2, 0) is 10.3 Å². The lowest BCUT2D eigenvalue weighted by Crippen LogP contribution is -2.52. The molecule has 156 valence electrons. The number of aliphatic hydroxyl groups is 1. The summed E-state index contributed by atoms with van der Waals surface area (Å²) in [5.41, 5.74) is -0.0419. The number of rotatable bonds is 8. The Morgan fingerprint density at radius 3 is 2.63 bits per heavy atom. The van der Waals surface area contributed by atoms with Gasteiger partial charge in [0, 0.05) is 32.2 Å². The Balaban J connectivity index is 0.00000364. The van der Waals surface area contributed by atoms with Crippen LogP contribution < -0.4 is 10.6 Å². The predicted octanol–water partition coefficient (Wildman–Crippen LogP) is 2.49. The molecule has 27 heavy (non-hydrogen) atoms. The summed E-state index contributed by atoms with van der Waals surface area (Å²) < 4.78 is 5.48. The Kier molecular flexibility index (Phi) is 11.1. The van der Waals surface area contributed by atoms with Crippen LogP contribution in [0.1, 0.15) is 33.3 Å². The van der Waals surface area contributed by atoms with E-state index in [9.17, 15) is 5.11 Å². The fraction of sp³-hybridized carbons (Fsp3) is 0.737. The van der Waals surface area contributed by atoms with Gasteiger partial charge in [-0.3, -0.25) is 4.90 Å². The Hall–Kier alpha value is -0.420. The first-order chi connectivity index (χ1) is 12.4. The smallest absolute Gasteiger partial charge is 0.191 e. The van der Waals surface area contributed by atoms with E-state index in [4.69, 9.17) is 4.74 Å². The van der Waals surface area contributed by atoms with Gasteiger partial charge in [-0.2, -0.15) is 11.3 Å². The van der Waals surface area contributed by atoms with Crippen molar-refractivity contribution in [3.8, 4) is 0 Å². The summed E-state index contributed by atoms with van der Waals surface area (Å²) in [5.74, 6) is 1.29. The summed E-state index contributed by atoms with van der Waals surface area (Å²) in [6.45, 7) is 13.9. The third-order valence-electron chi connectivity index (χ3n) is 4.80. The molecule has 0 aromatic carbocycles. The number of hydrogen-bond acceptors (Lipinski definition) is 5. The third kappa shape index (κ3) is 7.84. The molecule has 0 spiro atoms. The molecule has 6 nitrogen and oxygen atoms in total. The summed E-state index contributed by atoms with van der Waals surface area (Å²) in [5, 5.41) is 21.4. The number of hydrogen-bond donors (Lipinski definition) is 3. The molecule has 0 bridgehead atoms. The van der Waals surface area contributed by atoms with Gasteiger partial charge in [0.15, 0.2) is 5.96 Å². The largest absolute Gasteiger partial charge is 0.383 e. The Bertz CT molecular complexity index is 546. The fourth-order valence-corrected chi connectivity index (χ4v) is 3.92. The van der Waals surface area contributed by atoms with Crippen molar-refractivity contribution in [1.29, 1.82) is 0 Å². The highest BCUT2D eigenvalue weighted by Crippen LogP contribution is 2.23. The van der Waals surface area contributed by atoms with E-state index in [2.05, 4.69) is 41.3 Å². The van der Waals surface area contributed by atoms with E-state index < -0.39 is 5.60 Å². The topological polar surface area (TPSA) is 69.1 Å². The number of morpholine rings is 1. The number of nitrogens with one attached hydrogen (secondary N) is 2. The summed E-state index contributed by atoms with van der Waals surface area (Å²) in [7, 11) is 0. The highest BCUT2D eigenvalue weighted by molar-refractivity contribution is 14.0. The zero-order chi connectivity index (χ0) is 19.0. The molecule has 1 aromatic rings. The van der Waals surface area contributed by atoms with Crippen LogP contribution in [-0.4, -0.2) is 67.9 Å². The van der Waals surface area contributed by atoms with Gasteiger partial charge in [0.25, 0.3) is 0 Å². The van der Waals surface area contributed by atoms with Crippen molar-refractivity contribution in [3.05, 3.63) is 22.4 Å². The standard InChI is InChI=1S/C19H34N4O2S.HI/c1-5-20-18(22-14-19(4,24)16-6-11-26-13-16)21-12-17(15(2)3)23-7-9-25-10-8-23;/h6,11,13,15,17,24H,5,7-10,12,14H2,1-4H3,(H2,20,21,22);1H. The van der Waals surface area contributed by atoms with Crippen molar-refractivity contribution >= 4 is 41.3 Å². The second-order valence-electron chi connectivity index (χ2n) is 7.32. The minimum atomic E-state index is -0.954. The maximum Gasteiger partial charge on any atom is 0.191 e. The number of guanidine groups is 1. The summed E-state index contributed by atoms with van der Waals surface area (Å²) in [4.78, 5) is 7.12. The van der Waals surface area contributed by atoms with Crippen molar-refractivity contribution in [2.24, 2.45) is 10.9 Å². The van der Waals surface area contributed by atoms with Crippen LogP contribution in [0, 0.1) is 5.92 Å². The lowest BCUT2D eigenvalue weighted by molar-refractivity contribution is 0.00750. The number of aliphatic imine (C=N–C) groups is 1. The molecule has 1 aliphatic heterocycles. The summed E-state index contributed by atoms with van der Waals surface area (Å²) in [6, 6.07) is 2.38. The van der Waals surface area contributed by atoms with Gasteiger partial charge in [-0.15, -0.1) is 24.0 Å². The van der Waals surface area contributed by atoms with Crippen LogP contribution in [0.3, 0.4) is 0 Å². The average molecular weight is 510 g/mol. The summed E-state index contributed by atoms with van der Waals surface area (Å²) in [6.07, 6.45) is 0. The normalized spacial score (nSPS) is 19.3. The molecule has 2 heterocycles. The molecule has 0 saturated carbocycles. The molecule has 1 aromatic heterocycles. The Morgan fingerprint density at radius 1 is 1.37 bits per heavy atom. The Labute approximate surface area is 184 Å². The lowest BCUT2D eigenvalue weighted by Gasteiger charge is -2.37. The van der Waals surface area contributed by atoms with Gasteiger partial charge in [-0.1, -0.05) is 13.8 Å². The summed E-state index contributed by atoms with van der Waals surface area (Å²) >= 11 is 1.59. The molecule has 1 fully saturated rings. The predicted molar refractivity (Wildman–Crippen MR) is 124 cm³/mol. The molecule has 2 rings (SSSR count). The third-order valence-corrected chi connectivity index (χ3v) is 5.48. The second-order valence-corrected chi connectivity index (χ2v) is 8.10. The van der Waals surface area contributed by atoms with E-state index >= 15 is 0 Å². The molecule has 0 amide bonds. The first kappa shape index (κ1) is 24.6. The van der Waals surface area contributed by atoms with Crippen molar-refractivity contribution in [2.75, 3.05) is 45.9 Å². The van der Waals surface area contributed by atoms with E-state index in [1.165, 1.54) is 0 Å². The van der Waals surface area contributed by atoms with Crippen LogP contribution in [0.2, 0.25) is 0 Å². The minimum absolute atomic E-state index is 0. The van der Waals surface area contributed by atoms with Gasteiger partial charge in [0.05, 0.1) is 19.8 Å². The van der Waals surface area contributed by atoms with E-state index in [0.717, 1.165) is 50.9 Å². The zero-order valence-electron chi connectivity index (χ0n) is 16.9. The molecule has 0 radical (unpaired) electrons. The Morgan fingerprint density at radius 2 is 2.07 bits per heavy atom. The molecular weight excluding hydrogens is 475 g/mol. The lowest BCUT2D eigenvalue weighted by atomic mass is 10.00. The number of nitrogens with zero attached hydrogens (tertiary/aromatic N) is 2. The van der Waals surface area contributed by atoms with E-state index in [-0.39, 0.29) is 24.0 Å². The van der Waals surface area contributed by atoms with E-state index in [1.54, 1.807) is 11.3 Å². The van der Waals surface area contributed by atoms with Gasteiger partial charge in [-0.05, 0) is 42.2 Å². The minimum Gasteiger partial charge on any atom is -0.383 e. The van der Waals surface area contributed by atoms with Crippen LogP contribution >= 0.6 is 35.3 Å². The zero-order valence-corrected chi connectivity index (χ0v) is 20.0. The molecule has 2 atom stereocenters. The molecule has 8 heteroatoms. The highest BCUT2D eigenvalue weighted by Gasteiger charge is 2.25. The molecule has 2 unspecified atom stereocenters.